The van der Waals surface area contributed by atoms with Gasteiger partial charge in [0.15, 0.2) is 0 Å². The van der Waals surface area contributed by atoms with Gasteiger partial charge in [-0.25, -0.2) is 4.98 Å². The van der Waals surface area contributed by atoms with Crippen LogP contribution in [0.3, 0.4) is 0 Å². The maximum absolute atomic E-state index is 12.0. The molecular formula is C20H28N4O3. The third-order valence-electron chi connectivity index (χ3n) is 4.72. The standard InChI is InChI=1S/C20H28N4O3/c1-13(2)11-19(25)22-14-6-7-16-15(12-14)23-18(24(16)3)8-9-21-20(26)17-5-4-10-27-17/h6-7,12-13,17H,4-5,8-11H2,1-3H3,(H,21,26)(H,22,25)/t17-/m0/s1. The summed E-state index contributed by atoms with van der Waals surface area (Å²) in [5, 5.41) is 5.85. The molecule has 7 heteroatoms. The maximum atomic E-state index is 12.0. The quantitative estimate of drug-likeness (QED) is 0.781. The summed E-state index contributed by atoms with van der Waals surface area (Å²) >= 11 is 0. The Morgan fingerprint density at radius 2 is 2.19 bits per heavy atom. The first kappa shape index (κ1) is 19.4. The third-order valence-corrected chi connectivity index (χ3v) is 4.72. The first-order valence-corrected chi connectivity index (χ1v) is 9.58. The van der Waals surface area contributed by atoms with Crippen LogP contribution >= 0.6 is 0 Å². The summed E-state index contributed by atoms with van der Waals surface area (Å²) < 4.78 is 7.41. The molecule has 7 nitrogen and oxygen atoms in total. The Bertz CT molecular complexity index is 822. The highest BCUT2D eigenvalue weighted by atomic mass is 16.5. The number of nitrogens with zero attached hydrogens (tertiary/aromatic N) is 2. The van der Waals surface area contributed by atoms with Crippen molar-refractivity contribution in [3.05, 3.63) is 24.0 Å². The summed E-state index contributed by atoms with van der Waals surface area (Å²) in [4.78, 5) is 28.6. The SMILES string of the molecule is CC(C)CC(=O)Nc1ccc2c(c1)nc(CCNC(=O)[C@@H]1CCCO1)n2C. The molecule has 0 bridgehead atoms. The first-order chi connectivity index (χ1) is 12.9. The summed E-state index contributed by atoms with van der Waals surface area (Å²) in [6.45, 7) is 5.23. The summed E-state index contributed by atoms with van der Waals surface area (Å²) in [5.41, 5.74) is 2.59. The lowest BCUT2D eigenvalue weighted by atomic mass is 10.1. The van der Waals surface area contributed by atoms with Crippen LogP contribution in [0, 0.1) is 5.92 Å². The van der Waals surface area contributed by atoms with Crippen molar-refractivity contribution < 1.29 is 14.3 Å². The van der Waals surface area contributed by atoms with E-state index in [2.05, 4.69) is 15.6 Å². The molecule has 1 atom stereocenters. The van der Waals surface area contributed by atoms with E-state index in [9.17, 15) is 9.59 Å². The molecule has 1 saturated heterocycles. The molecule has 3 rings (SSSR count). The molecule has 27 heavy (non-hydrogen) atoms. The second-order valence-corrected chi connectivity index (χ2v) is 7.48. The van der Waals surface area contributed by atoms with Crippen LogP contribution in [0.1, 0.15) is 38.9 Å². The molecular weight excluding hydrogens is 344 g/mol. The zero-order chi connectivity index (χ0) is 19.4. The van der Waals surface area contributed by atoms with Gasteiger partial charge in [-0.15, -0.1) is 0 Å². The van der Waals surface area contributed by atoms with E-state index in [0.29, 0.717) is 31.9 Å². The molecule has 2 N–H and O–H groups in total. The first-order valence-electron chi connectivity index (χ1n) is 9.58. The Hall–Kier alpha value is -2.41. The smallest absolute Gasteiger partial charge is 0.249 e. The fourth-order valence-corrected chi connectivity index (χ4v) is 3.33. The minimum Gasteiger partial charge on any atom is -0.368 e. The monoisotopic (exact) mass is 372 g/mol. The average Bonchev–Trinajstić information content (AvgIpc) is 3.23. The van der Waals surface area contributed by atoms with Crippen LogP contribution in [-0.4, -0.2) is 40.6 Å². The van der Waals surface area contributed by atoms with Crippen molar-refractivity contribution in [2.75, 3.05) is 18.5 Å². The van der Waals surface area contributed by atoms with Gasteiger partial charge >= 0.3 is 0 Å². The number of carbonyl (C=O) groups excluding carboxylic acids is 2. The number of imidazole rings is 1. The number of fused-ring (bicyclic) bond motifs is 1. The van der Waals surface area contributed by atoms with Crippen LogP contribution in [0.5, 0.6) is 0 Å². The maximum Gasteiger partial charge on any atom is 0.249 e. The van der Waals surface area contributed by atoms with E-state index in [0.717, 1.165) is 35.4 Å². The molecule has 1 aromatic carbocycles. The van der Waals surface area contributed by atoms with Crippen molar-refractivity contribution in [2.45, 2.75) is 45.6 Å². The van der Waals surface area contributed by atoms with Gasteiger partial charge in [-0.2, -0.15) is 0 Å². The highest BCUT2D eigenvalue weighted by Crippen LogP contribution is 2.20. The lowest BCUT2D eigenvalue weighted by Gasteiger charge is -2.10. The van der Waals surface area contributed by atoms with E-state index in [1.165, 1.54) is 0 Å². The third kappa shape index (κ3) is 4.86. The highest BCUT2D eigenvalue weighted by Gasteiger charge is 2.23. The van der Waals surface area contributed by atoms with E-state index in [-0.39, 0.29) is 17.9 Å². The molecule has 0 spiro atoms. The van der Waals surface area contributed by atoms with Crippen LogP contribution in [0.4, 0.5) is 5.69 Å². The number of benzene rings is 1. The Balaban J connectivity index is 1.61. The number of hydrogen-bond acceptors (Lipinski definition) is 4. The number of anilines is 1. The fourth-order valence-electron chi connectivity index (χ4n) is 3.33. The van der Waals surface area contributed by atoms with Crippen LogP contribution in [-0.2, 0) is 27.8 Å². The summed E-state index contributed by atoms with van der Waals surface area (Å²) in [6, 6.07) is 5.75. The highest BCUT2D eigenvalue weighted by molar-refractivity contribution is 5.93. The van der Waals surface area contributed by atoms with Crippen LogP contribution in [0.25, 0.3) is 11.0 Å². The lowest BCUT2D eigenvalue weighted by Crippen LogP contribution is -2.35. The van der Waals surface area contributed by atoms with Crippen molar-refractivity contribution in [3.63, 3.8) is 0 Å². The molecule has 1 fully saturated rings. The largest absolute Gasteiger partial charge is 0.368 e. The van der Waals surface area contributed by atoms with Crippen molar-refractivity contribution in [3.8, 4) is 0 Å². The fraction of sp³-hybridized carbons (Fsp3) is 0.550. The summed E-state index contributed by atoms with van der Waals surface area (Å²) in [7, 11) is 1.96. The van der Waals surface area contributed by atoms with Gasteiger partial charge in [0.2, 0.25) is 11.8 Å². The van der Waals surface area contributed by atoms with E-state index < -0.39 is 0 Å². The zero-order valence-corrected chi connectivity index (χ0v) is 16.2. The molecule has 2 heterocycles. The molecule has 1 aromatic heterocycles. The zero-order valence-electron chi connectivity index (χ0n) is 16.2. The van der Waals surface area contributed by atoms with Gasteiger partial charge in [0.25, 0.3) is 0 Å². The topological polar surface area (TPSA) is 85.2 Å². The normalized spacial score (nSPS) is 16.8. The number of carbonyl (C=O) groups is 2. The molecule has 2 aromatic rings. The van der Waals surface area contributed by atoms with E-state index in [1.54, 1.807) is 0 Å². The van der Waals surface area contributed by atoms with Gasteiger partial charge in [0.1, 0.15) is 11.9 Å². The van der Waals surface area contributed by atoms with Crippen molar-refractivity contribution in [1.82, 2.24) is 14.9 Å². The van der Waals surface area contributed by atoms with Gasteiger partial charge in [0, 0.05) is 38.7 Å². The van der Waals surface area contributed by atoms with Gasteiger partial charge in [-0.05, 0) is 37.0 Å². The molecule has 1 aliphatic rings. The number of amides is 2. The van der Waals surface area contributed by atoms with E-state index >= 15 is 0 Å². The lowest BCUT2D eigenvalue weighted by molar-refractivity contribution is -0.130. The van der Waals surface area contributed by atoms with Crippen molar-refractivity contribution in [2.24, 2.45) is 13.0 Å². The van der Waals surface area contributed by atoms with Gasteiger partial charge < -0.3 is 19.9 Å². The number of hydrogen-bond donors (Lipinski definition) is 2. The molecule has 0 aliphatic carbocycles. The number of ether oxygens (including phenoxy) is 1. The molecule has 0 saturated carbocycles. The number of nitrogens with one attached hydrogen (secondary N) is 2. The van der Waals surface area contributed by atoms with Gasteiger partial charge in [-0.3, -0.25) is 9.59 Å². The second kappa shape index (κ2) is 8.52. The van der Waals surface area contributed by atoms with Crippen LogP contribution in [0.15, 0.2) is 18.2 Å². The van der Waals surface area contributed by atoms with Crippen LogP contribution < -0.4 is 10.6 Å². The predicted molar refractivity (Wildman–Crippen MR) is 104 cm³/mol. The molecule has 0 unspecified atom stereocenters. The average molecular weight is 372 g/mol. The molecule has 2 amide bonds. The minimum absolute atomic E-state index is 0.0114. The minimum atomic E-state index is -0.303. The summed E-state index contributed by atoms with van der Waals surface area (Å²) in [6.07, 6.45) is 2.57. The Labute approximate surface area is 159 Å². The predicted octanol–water partition coefficient (Wildman–Crippen LogP) is 2.40. The Kier molecular flexibility index (Phi) is 6.11. The number of aryl methyl sites for hydroxylation is 1. The number of rotatable bonds is 7. The van der Waals surface area contributed by atoms with E-state index in [4.69, 9.17) is 4.74 Å². The second-order valence-electron chi connectivity index (χ2n) is 7.48. The Morgan fingerprint density at radius 1 is 1.37 bits per heavy atom. The van der Waals surface area contributed by atoms with Crippen molar-refractivity contribution in [1.29, 1.82) is 0 Å². The van der Waals surface area contributed by atoms with Gasteiger partial charge in [-0.1, -0.05) is 13.8 Å². The summed E-state index contributed by atoms with van der Waals surface area (Å²) in [5.74, 6) is 1.18. The van der Waals surface area contributed by atoms with E-state index in [1.807, 2.05) is 43.7 Å². The number of aromatic nitrogens is 2. The van der Waals surface area contributed by atoms with Crippen molar-refractivity contribution >= 4 is 28.5 Å². The molecule has 1 aliphatic heterocycles. The van der Waals surface area contributed by atoms with Crippen LogP contribution in [0.2, 0.25) is 0 Å². The molecule has 0 radical (unpaired) electrons. The Morgan fingerprint density at radius 3 is 2.89 bits per heavy atom. The molecule has 146 valence electrons. The van der Waals surface area contributed by atoms with Gasteiger partial charge in [0.05, 0.1) is 11.0 Å².